The van der Waals surface area contributed by atoms with E-state index in [4.69, 9.17) is 0 Å². The summed E-state index contributed by atoms with van der Waals surface area (Å²) in [7, 11) is 4.17. The van der Waals surface area contributed by atoms with Crippen molar-refractivity contribution in [3.8, 4) is 0 Å². The smallest absolute Gasteiger partial charge is 0.126 e. The van der Waals surface area contributed by atoms with Crippen molar-refractivity contribution < 1.29 is 4.39 Å². The molecule has 0 aliphatic carbocycles. The van der Waals surface area contributed by atoms with E-state index in [2.05, 4.69) is 48.9 Å². The first-order valence-corrected chi connectivity index (χ1v) is 11.5. The zero-order valence-corrected chi connectivity index (χ0v) is 19.4. The highest BCUT2D eigenvalue weighted by Crippen LogP contribution is 2.28. The van der Waals surface area contributed by atoms with Gasteiger partial charge in [0.25, 0.3) is 0 Å². The van der Waals surface area contributed by atoms with Crippen molar-refractivity contribution in [1.29, 1.82) is 0 Å². The highest BCUT2D eigenvalue weighted by molar-refractivity contribution is 5.20. The van der Waals surface area contributed by atoms with Crippen molar-refractivity contribution in [1.82, 2.24) is 19.6 Å². The van der Waals surface area contributed by atoms with Crippen LogP contribution in [0.3, 0.4) is 0 Å². The van der Waals surface area contributed by atoms with Crippen LogP contribution in [0.4, 0.5) is 4.39 Å². The molecule has 1 atom stereocenters. The number of rotatable bonds is 9. The van der Waals surface area contributed by atoms with Crippen LogP contribution in [0.15, 0.2) is 30.5 Å². The van der Waals surface area contributed by atoms with Crippen molar-refractivity contribution in [2.75, 3.05) is 26.7 Å². The zero-order chi connectivity index (χ0) is 21.7. The molecule has 1 aliphatic rings. The summed E-state index contributed by atoms with van der Waals surface area (Å²) in [6, 6.07) is 7.60. The molecule has 1 aromatic heterocycles. The Labute approximate surface area is 182 Å². The predicted molar refractivity (Wildman–Crippen MR) is 122 cm³/mol. The Hall–Kier alpha value is -1.72. The fourth-order valence-corrected chi connectivity index (χ4v) is 4.76. The van der Waals surface area contributed by atoms with Crippen molar-refractivity contribution in [2.24, 2.45) is 18.9 Å². The van der Waals surface area contributed by atoms with Gasteiger partial charge >= 0.3 is 0 Å². The summed E-state index contributed by atoms with van der Waals surface area (Å²) in [5, 5.41) is 4.50. The highest BCUT2D eigenvalue weighted by Gasteiger charge is 2.30. The minimum absolute atomic E-state index is 0.0807. The lowest BCUT2D eigenvalue weighted by molar-refractivity contribution is 0.0958. The fraction of sp³-hybridized carbons (Fsp3) is 0.640. The van der Waals surface area contributed by atoms with Crippen LogP contribution in [-0.4, -0.2) is 52.3 Å². The van der Waals surface area contributed by atoms with Gasteiger partial charge in [0.05, 0.1) is 5.69 Å². The van der Waals surface area contributed by atoms with E-state index in [0.717, 1.165) is 43.2 Å². The number of likely N-dealkylation sites (tertiary alicyclic amines) is 1. The Morgan fingerprint density at radius 1 is 1.17 bits per heavy atom. The van der Waals surface area contributed by atoms with E-state index in [-0.39, 0.29) is 5.82 Å². The van der Waals surface area contributed by atoms with Crippen LogP contribution in [-0.2, 0) is 20.0 Å². The summed E-state index contributed by atoms with van der Waals surface area (Å²) in [6.45, 7) is 11.0. The predicted octanol–water partition coefficient (Wildman–Crippen LogP) is 4.67. The van der Waals surface area contributed by atoms with Gasteiger partial charge in [0, 0.05) is 31.4 Å². The van der Waals surface area contributed by atoms with Crippen LogP contribution in [0.1, 0.15) is 49.9 Å². The minimum Gasteiger partial charge on any atom is -0.303 e. The summed E-state index contributed by atoms with van der Waals surface area (Å²) in [5.74, 6) is 1.26. The van der Waals surface area contributed by atoms with E-state index < -0.39 is 0 Å². The molecular weight excluding hydrogens is 375 g/mol. The molecule has 1 aliphatic heterocycles. The second kappa shape index (κ2) is 10.5. The molecule has 0 spiro atoms. The quantitative estimate of drug-likeness (QED) is 0.596. The third-order valence-electron chi connectivity index (χ3n) is 6.69. The van der Waals surface area contributed by atoms with Crippen molar-refractivity contribution in [3.63, 3.8) is 0 Å². The lowest BCUT2D eigenvalue weighted by Gasteiger charge is -2.40. The lowest BCUT2D eigenvalue weighted by atomic mass is 9.84. The number of hydrogen-bond acceptors (Lipinski definition) is 3. The van der Waals surface area contributed by atoms with Gasteiger partial charge in [0.1, 0.15) is 5.82 Å². The van der Waals surface area contributed by atoms with Crippen LogP contribution in [0.5, 0.6) is 0 Å². The van der Waals surface area contributed by atoms with Gasteiger partial charge in [-0.05, 0) is 82.8 Å². The summed E-state index contributed by atoms with van der Waals surface area (Å²) in [4.78, 5) is 5.05. The maximum Gasteiger partial charge on any atom is 0.126 e. The van der Waals surface area contributed by atoms with E-state index >= 15 is 0 Å². The van der Waals surface area contributed by atoms with Crippen molar-refractivity contribution in [2.45, 2.75) is 59.0 Å². The zero-order valence-electron chi connectivity index (χ0n) is 19.4. The first kappa shape index (κ1) is 23.0. The Kier molecular flexibility index (Phi) is 8.06. The molecule has 1 aromatic carbocycles. The molecule has 5 heteroatoms. The molecule has 2 aromatic rings. The molecule has 0 bridgehead atoms. The molecule has 0 amide bonds. The van der Waals surface area contributed by atoms with Gasteiger partial charge < -0.3 is 4.90 Å². The number of nitrogens with zero attached hydrogens (tertiary/aromatic N) is 4. The van der Waals surface area contributed by atoms with Gasteiger partial charge in [-0.3, -0.25) is 9.58 Å². The normalized spacial score (nSPS) is 17.2. The minimum atomic E-state index is -0.0807. The van der Waals surface area contributed by atoms with Crippen molar-refractivity contribution in [3.05, 3.63) is 53.1 Å². The van der Waals surface area contributed by atoms with E-state index in [9.17, 15) is 4.39 Å². The van der Waals surface area contributed by atoms with Gasteiger partial charge in [-0.25, -0.2) is 4.39 Å². The lowest BCUT2D eigenvalue weighted by Crippen LogP contribution is -2.45. The molecule has 1 saturated heterocycles. The molecule has 4 nitrogen and oxygen atoms in total. The molecule has 166 valence electrons. The number of piperidine rings is 1. The Balaban J connectivity index is 1.71. The monoisotopic (exact) mass is 414 g/mol. The summed E-state index contributed by atoms with van der Waals surface area (Å²) >= 11 is 0. The van der Waals surface area contributed by atoms with Crippen LogP contribution in [0.25, 0.3) is 0 Å². The first-order chi connectivity index (χ1) is 14.3. The van der Waals surface area contributed by atoms with Crippen LogP contribution in [0, 0.1) is 24.6 Å². The number of benzene rings is 1. The number of halogens is 1. The molecule has 2 heterocycles. The Morgan fingerprint density at radius 2 is 1.87 bits per heavy atom. The SMILES string of the molecule is Cc1nn(C)cc1CN(C)C(Cc1ccccc1F)C1CCN(CCC(C)C)CC1. The molecular formula is C25H39FN4. The van der Waals surface area contributed by atoms with Crippen LogP contribution in [0.2, 0.25) is 0 Å². The number of aryl methyl sites for hydroxylation is 2. The van der Waals surface area contributed by atoms with Gasteiger partial charge in [0.15, 0.2) is 0 Å². The van der Waals surface area contributed by atoms with E-state index in [0.29, 0.717) is 12.0 Å². The number of likely N-dealkylation sites (N-methyl/N-ethyl adjacent to an activating group) is 1. The molecule has 0 saturated carbocycles. The average Bonchev–Trinajstić information content (AvgIpc) is 3.02. The summed E-state index contributed by atoms with van der Waals surface area (Å²) < 4.78 is 16.4. The van der Waals surface area contributed by atoms with Gasteiger partial charge in [-0.2, -0.15) is 5.10 Å². The molecule has 1 unspecified atom stereocenters. The molecule has 3 rings (SSSR count). The summed E-state index contributed by atoms with van der Waals surface area (Å²) in [6.07, 6.45) is 6.52. The number of hydrogen-bond donors (Lipinski definition) is 0. The van der Waals surface area contributed by atoms with Gasteiger partial charge in [-0.1, -0.05) is 32.0 Å². The topological polar surface area (TPSA) is 24.3 Å². The van der Waals surface area contributed by atoms with Gasteiger partial charge in [-0.15, -0.1) is 0 Å². The number of aromatic nitrogens is 2. The van der Waals surface area contributed by atoms with Gasteiger partial charge in [0.2, 0.25) is 0 Å². The Bertz CT molecular complexity index is 792. The van der Waals surface area contributed by atoms with E-state index in [1.165, 1.54) is 31.4 Å². The van der Waals surface area contributed by atoms with E-state index in [1.54, 1.807) is 12.1 Å². The fourth-order valence-electron chi connectivity index (χ4n) is 4.76. The average molecular weight is 415 g/mol. The van der Waals surface area contributed by atoms with Crippen LogP contribution >= 0.6 is 0 Å². The largest absolute Gasteiger partial charge is 0.303 e. The van der Waals surface area contributed by atoms with Crippen molar-refractivity contribution >= 4 is 0 Å². The highest BCUT2D eigenvalue weighted by atomic mass is 19.1. The van der Waals surface area contributed by atoms with E-state index in [1.807, 2.05) is 23.9 Å². The molecule has 30 heavy (non-hydrogen) atoms. The second-order valence-electron chi connectivity index (χ2n) is 9.55. The first-order valence-electron chi connectivity index (χ1n) is 11.5. The third kappa shape index (κ3) is 6.14. The molecule has 0 N–H and O–H groups in total. The maximum atomic E-state index is 14.5. The summed E-state index contributed by atoms with van der Waals surface area (Å²) in [5.41, 5.74) is 3.17. The van der Waals surface area contributed by atoms with Crippen LogP contribution < -0.4 is 0 Å². The standard InChI is InChI=1S/C25H39FN4/c1-19(2)10-13-30-14-11-21(12-15-30)25(16-22-8-6-7-9-24(22)26)28(4)17-23-18-29(5)27-20(23)3/h6-9,18-19,21,25H,10-17H2,1-5H3. The third-order valence-corrected chi connectivity index (χ3v) is 6.69. The molecule has 1 fully saturated rings. The Morgan fingerprint density at radius 3 is 2.47 bits per heavy atom. The molecule has 0 radical (unpaired) electrons. The maximum absolute atomic E-state index is 14.5. The second-order valence-corrected chi connectivity index (χ2v) is 9.55.